The molecule has 0 saturated carbocycles. The molecule has 14 aromatic rings. The summed E-state index contributed by atoms with van der Waals surface area (Å²) >= 11 is 31.9. The van der Waals surface area contributed by atoms with E-state index >= 15 is 0 Å². The number of aromatic amines is 4. The highest BCUT2D eigenvalue weighted by Gasteiger charge is 2.42. The number of ether oxygens (including phenoxy) is 7. The topological polar surface area (TPSA) is 309 Å². The van der Waals surface area contributed by atoms with Crippen molar-refractivity contribution in [2.24, 2.45) is 0 Å². The first-order valence-electron chi connectivity index (χ1n) is 49.1. The Bertz CT molecular complexity index is 6980. The number of nitrogens with one attached hydrogen (secondary N) is 5. The van der Waals surface area contributed by atoms with E-state index in [-0.39, 0.29) is 55.3 Å². The molecule has 6 aliphatic heterocycles. The van der Waals surface area contributed by atoms with Crippen LogP contribution < -0.4 is 19.5 Å². The Morgan fingerprint density at radius 3 is 1.12 bits per heavy atom. The number of nitrogens with zero attached hydrogens (tertiary/aromatic N) is 9. The molecule has 6 aliphatic rings. The molecular formula is C111H116Br2Cl4N14O15. The van der Waals surface area contributed by atoms with Gasteiger partial charge < -0.3 is 72.9 Å². The number of aliphatic hydroxyl groups is 1. The van der Waals surface area contributed by atoms with Crippen molar-refractivity contribution in [2.45, 2.75) is 77.0 Å². The number of carbonyl (C=O) groups excluding carboxylic acids is 7. The number of H-pyrrole nitrogens is 4. The number of rotatable bonds is 22. The van der Waals surface area contributed by atoms with E-state index in [9.17, 15) is 33.6 Å². The molecule has 0 spiro atoms. The summed E-state index contributed by atoms with van der Waals surface area (Å²) in [7, 11) is 5.81. The van der Waals surface area contributed by atoms with Crippen LogP contribution in [0.15, 0.2) is 227 Å². The molecule has 0 aliphatic carbocycles. The van der Waals surface area contributed by atoms with Crippen LogP contribution in [-0.4, -0.2) is 270 Å². The van der Waals surface area contributed by atoms with Crippen molar-refractivity contribution >= 4 is 170 Å². The third-order valence-electron chi connectivity index (χ3n) is 27.1. The Labute approximate surface area is 883 Å². The summed E-state index contributed by atoms with van der Waals surface area (Å²) in [5, 5.41) is 18.8. The number of benzene rings is 10. The van der Waals surface area contributed by atoms with Gasteiger partial charge in [-0.1, -0.05) is 127 Å². The van der Waals surface area contributed by atoms with E-state index in [1.54, 1.807) is 82.2 Å². The number of halogens is 6. The maximum Gasteiger partial charge on any atom is 0.416 e. The molecule has 29 nitrogen and oxygen atoms in total. The lowest BCUT2D eigenvalue weighted by Gasteiger charge is -2.36. The van der Waals surface area contributed by atoms with Gasteiger partial charge in [-0.15, -0.1) is 0 Å². The van der Waals surface area contributed by atoms with Crippen molar-refractivity contribution in [1.82, 2.24) is 64.0 Å². The summed E-state index contributed by atoms with van der Waals surface area (Å²) in [6.45, 7) is 18.2. The average molecular weight is 2190 g/mol. The normalized spacial score (nSPS) is 16.6. The van der Waals surface area contributed by atoms with E-state index in [0.29, 0.717) is 153 Å². The predicted octanol–water partition coefficient (Wildman–Crippen LogP) is 22.4. The fraction of sp³-hybridized carbons (Fsp3) is 0.324. The number of aromatic nitrogens is 4. The van der Waals surface area contributed by atoms with Crippen LogP contribution in [0.1, 0.15) is 139 Å². The summed E-state index contributed by atoms with van der Waals surface area (Å²) < 4.78 is 40.3. The van der Waals surface area contributed by atoms with E-state index in [1.807, 2.05) is 187 Å². The van der Waals surface area contributed by atoms with Gasteiger partial charge in [-0.25, -0.2) is 24.0 Å². The minimum Gasteiger partial charge on any atom is -0.494 e. The smallest absolute Gasteiger partial charge is 0.416 e. The lowest BCUT2D eigenvalue weighted by atomic mass is 9.92. The zero-order valence-electron chi connectivity index (χ0n) is 81.9. The molecule has 6 N–H and O–H groups in total. The Balaban J connectivity index is 0.000000133. The van der Waals surface area contributed by atoms with E-state index < -0.39 is 24.3 Å². The monoisotopic (exact) mass is 2180 g/mol. The van der Waals surface area contributed by atoms with Crippen molar-refractivity contribution in [3.8, 4) is 17.2 Å². The van der Waals surface area contributed by atoms with Crippen molar-refractivity contribution < 1.29 is 71.8 Å². The van der Waals surface area contributed by atoms with Crippen LogP contribution in [-0.2, 0) is 44.6 Å². The Morgan fingerprint density at radius 2 is 0.733 bits per heavy atom. The summed E-state index contributed by atoms with van der Waals surface area (Å²) in [4.78, 5) is 122. The summed E-state index contributed by atoms with van der Waals surface area (Å²) in [5.41, 5.74) is 18.0. The number of hydrogen-bond acceptors (Lipinski definition) is 18. The van der Waals surface area contributed by atoms with Crippen LogP contribution in [0.5, 0.6) is 17.2 Å². The van der Waals surface area contributed by atoms with E-state index in [4.69, 9.17) is 84.7 Å². The second-order valence-electron chi connectivity index (χ2n) is 36.5. The fourth-order valence-corrected chi connectivity index (χ4v) is 21.3. The molecule has 0 bridgehead atoms. The highest BCUT2D eigenvalue weighted by atomic mass is 79.9. The fourth-order valence-electron chi connectivity index (χ4n) is 20.0. The Morgan fingerprint density at radius 1 is 0.390 bits per heavy atom. The van der Waals surface area contributed by atoms with Crippen molar-refractivity contribution in [3.63, 3.8) is 0 Å². The first kappa shape index (κ1) is 105. The lowest BCUT2D eigenvalue weighted by Crippen LogP contribution is -2.49. The largest absolute Gasteiger partial charge is 0.494 e. The molecule has 0 radical (unpaired) electrons. The molecule has 146 heavy (non-hydrogen) atoms. The lowest BCUT2D eigenvalue weighted by molar-refractivity contribution is 0.0591. The molecule has 10 aromatic carbocycles. The molecule has 20 rings (SSSR count). The molecule has 4 unspecified atom stereocenters. The molecule has 35 heteroatoms. The van der Waals surface area contributed by atoms with Crippen LogP contribution in [0.3, 0.4) is 0 Å². The molecule has 2 saturated heterocycles. The average Bonchev–Trinajstić information content (AvgIpc) is 1.60. The van der Waals surface area contributed by atoms with Gasteiger partial charge in [0.25, 0.3) is 11.8 Å². The number of β-amino-alcohol motifs (C(OH)–C–C–N with tert-alkyl or cyclic N) is 1. The third-order valence-corrected chi connectivity index (χ3v) is 29.1. The highest BCUT2D eigenvalue weighted by Crippen LogP contribution is 2.46. The van der Waals surface area contributed by atoms with Crippen LogP contribution in [0.4, 0.5) is 29.7 Å². The number of fused-ring (bicyclic) bond motifs is 12. The van der Waals surface area contributed by atoms with E-state index in [1.165, 1.54) is 11.1 Å². The summed E-state index contributed by atoms with van der Waals surface area (Å²) in [6, 6.07) is 66.6. The van der Waals surface area contributed by atoms with Gasteiger partial charge in [-0.3, -0.25) is 44.3 Å². The van der Waals surface area contributed by atoms with Gasteiger partial charge in [0, 0.05) is 218 Å². The number of piperazine rings is 2. The van der Waals surface area contributed by atoms with E-state index in [2.05, 4.69) is 92.0 Å². The molecule has 762 valence electrons. The first-order chi connectivity index (χ1) is 70.8. The molecule has 4 aromatic heterocycles. The zero-order valence-corrected chi connectivity index (χ0v) is 88.1. The van der Waals surface area contributed by atoms with Crippen molar-refractivity contribution in [3.05, 3.63) is 326 Å². The second-order valence-corrected chi connectivity index (χ2v) is 40.1. The standard InChI is InChI=1S/C29H29BrClN3O3.C28H33ClN4O4.C27H31BrN4O4.C27H23Cl2N3O4/c1-33(2)15-3-17-36-22-9-4-19(5-10-22)28-27-24(25-18-21(31)8-13-26(25)32-27)14-16-34(28)29(35)37-23-11-6-20(30)7-12-23;1-3-37-28(35)33-11-10-22-23-18-21(29)8-9-24(23)30-25(22)26(33)19-4-6-20(7-5-19)27(34)32-14-12-31(13-15-32)16-17-36-2;1-2-36-27(35)32-10-9-21-22-17-20(28)7-8-23(22)29-24(21)25(32)18-3-5-19(6-4-18)26(34)31-13-11-30(12-14-31)15-16-33;1-2-35-26(33)30-19-8-3-16(4-9-19)25-24-21(22-15-18(29)7-12-23(22)31-24)13-14-32(25)27(34)36-20-10-5-17(28)6-11-20/h4-13,18,28,32H,3,14-17H2,1-2H3;4-9,18,26,30H,3,10-17H2,1-2H3;3-8,17,25,29,33H,2,9-16H2,1H3;3-12,15,25,31H,2,13-14H2,1H3,(H,30,33). The Kier molecular flexibility index (Phi) is 34.7. The maximum atomic E-state index is 13.4. The molecule has 10 heterocycles. The quantitative estimate of drug-likeness (QED) is 0.0271. The number of aliphatic hydroxyl groups excluding tert-OH is 1. The minimum absolute atomic E-state index is 0.00671. The van der Waals surface area contributed by atoms with Gasteiger partial charge in [0.05, 0.1) is 39.6 Å². The SMILES string of the molecule is CCOC(=O)N1CCc2c([nH]c3ccc(Br)cc23)C1c1ccc(C(=O)N2CCN(CCO)CC2)cc1.CCOC(=O)N1CCc2c([nH]c3ccc(Cl)cc23)C1c1ccc(C(=O)N2CCN(CCOC)CC2)cc1.CCOC(=O)Nc1ccc(C2c3[nH]c4ccc(Cl)cc4c3CCN2C(=O)Oc2ccc(Cl)cc2)cc1.CN(C)CCCOc1ccc(C2c3[nH]c4ccc(Cl)cc4c3CCN2C(=O)Oc2ccc(Br)cc2)cc1. The highest BCUT2D eigenvalue weighted by molar-refractivity contribution is 9.10. The predicted molar refractivity (Wildman–Crippen MR) is 575 cm³/mol. The third kappa shape index (κ3) is 24.4. The number of anilines is 1. The molecule has 7 amide bonds. The van der Waals surface area contributed by atoms with Crippen molar-refractivity contribution in [1.29, 1.82) is 0 Å². The van der Waals surface area contributed by atoms with Gasteiger partial charge in [0.15, 0.2) is 0 Å². The van der Waals surface area contributed by atoms with Crippen molar-refractivity contribution in [2.75, 3.05) is 164 Å². The summed E-state index contributed by atoms with van der Waals surface area (Å²) in [5.74, 6) is 1.76. The zero-order chi connectivity index (χ0) is 102. The molecule has 2 fully saturated rings. The van der Waals surface area contributed by atoms with E-state index in [0.717, 1.165) is 167 Å². The second kappa shape index (κ2) is 48.3. The van der Waals surface area contributed by atoms with Gasteiger partial charge in [-0.05, 0) is 281 Å². The number of methoxy groups -OCH3 is 1. The van der Waals surface area contributed by atoms with Crippen LogP contribution >= 0.6 is 78.3 Å². The number of carbonyl (C=O) groups is 7. The van der Waals surface area contributed by atoms with Crippen LogP contribution in [0.2, 0.25) is 20.1 Å². The van der Waals surface area contributed by atoms with Gasteiger partial charge >= 0.3 is 30.5 Å². The van der Waals surface area contributed by atoms with Gasteiger partial charge in [0.1, 0.15) is 41.4 Å². The maximum absolute atomic E-state index is 13.4. The summed E-state index contributed by atoms with van der Waals surface area (Å²) in [6.07, 6.45) is 1.67. The van der Waals surface area contributed by atoms with Crippen LogP contribution in [0, 0.1) is 0 Å². The number of hydrogen-bond donors (Lipinski definition) is 6. The number of amides is 7. The molecule has 4 atom stereocenters. The van der Waals surface area contributed by atoms with Gasteiger partial charge in [0.2, 0.25) is 0 Å². The van der Waals surface area contributed by atoms with Crippen LogP contribution in [0.25, 0.3) is 43.6 Å². The molecular weight excluding hydrogens is 2070 g/mol. The van der Waals surface area contributed by atoms with Gasteiger partial charge in [-0.2, -0.15) is 0 Å². The Hall–Kier alpha value is -12.6. The first-order valence-corrected chi connectivity index (χ1v) is 52.2. The minimum atomic E-state index is -0.522.